The molecular weight excluding hydrogens is 351 g/mol. The summed E-state index contributed by atoms with van der Waals surface area (Å²) in [6.45, 7) is 1.93. The zero-order valence-electron chi connectivity index (χ0n) is 16.8. The molecule has 1 saturated heterocycles. The van der Waals surface area contributed by atoms with Gasteiger partial charge in [-0.2, -0.15) is 0 Å². The predicted molar refractivity (Wildman–Crippen MR) is 110 cm³/mol. The summed E-state index contributed by atoms with van der Waals surface area (Å²) in [4.78, 5) is 9.15. The van der Waals surface area contributed by atoms with Crippen molar-refractivity contribution in [3.05, 3.63) is 65.4 Å². The summed E-state index contributed by atoms with van der Waals surface area (Å²) in [5.41, 5.74) is 4.67. The predicted octanol–water partition coefficient (Wildman–Crippen LogP) is 3.73. The molecule has 5 rings (SSSR count). The Morgan fingerprint density at radius 1 is 1.18 bits per heavy atom. The largest absolute Gasteiger partial charge is 0.349 e. The van der Waals surface area contributed by atoms with Gasteiger partial charge < -0.3 is 9.47 Å². The van der Waals surface area contributed by atoms with Crippen LogP contribution in [0.4, 0.5) is 4.39 Å². The van der Waals surface area contributed by atoms with E-state index in [2.05, 4.69) is 58.8 Å². The molecule has 146 valence electrons. The van der Waals surface area contributed by atoms with E-state index in [0.29, 0.717) is 12.0 Å². The molecule has 28 heavy (non-hydrogen) atoms. The molecule has 5 heteroatoms. The van der Waals surface area contributed by atoms with Gasteiger partial charge in [0.2, 0.25) is 0 Å². The molecule has 0 saturated carbocycles. The molecule has 1 fully saturated rings. The van der Waals surface area contributed by atoms with Crippen LogP contribution in [0.25, 0.3) is 10.9 Å². The Hall–Kier alpha value is -2.24. The van der Waals surface area contributed by atoms with Gasteiger partial charge in [0.15, 0.2) is 0 Å². The molecule has 3 aromatic rings. The minimum absolute atomic E-state index is 0.0407. The van der Waals surface area contributed by atoms with Crippen molar-refractivity contribution in [2.24, 2.45) is 7.05 Å². The second-order valence-corrected chi connectivity index (χ2v) is 8.55. The van der Waals surface area contributed by atoms with E-state index in [1.807, 2.05) is 18.5 Å². The second-order valence-electron chi connectivity index (χ2n) is 8.55. The fraction of sp³-hybridized carbons (Fsp3) is 0.435. The smallest absolute Gasteiger partial charge is 0.128 e. The maximum atomic E-state index is 14.6. The number of benzene rings is 1. The molecule has 1 aromatic carbocycles. The Labute approximate surface area is 165 Å². The van der Waals surface area contributed by atoms with Crippen molar-refractivity contribution >= 4 is 10.9 Å². The Morgan fingerprint density at radius 2 is 2.04 bits per heavy atom. The van der Waals surface area contributed by atoms with Crippen molar-refractivity contribution in [2.75, 3.05) is 27.2 Å². The average molecular weight is 378 g/mol. The Morgan fingerprint density at radius 3 is 2.86 bits per heavy atom. The number of aryl methyl sites for hydroxylation is 2. The Balaban J connectivity index is 1.52. The molecule has 1 aliphatic carbocycles. The number of likely N-dealkylation sites (tertiary alicyclic amines) is 1. The monoisotopic (exact) mass is 378 g/mol. The zero-order chi connectivity index (χ0) is 19.4. The number of rotatable bonds is 3. The SMILES string of the molecule is CN(C)C1CN(C2CCc3cccc(F)c32)CC1c1cn(C)c2cnccc12. The highest BCUT2D eigenvalue weighted by molar-refractivity contribution is 5.83. The van der Waals surface area contributed by atoms with E-state index in [9.17, 15) is 4.39 Å². The topological polar surface area (TPSA) is 24.3 Å². The molecule has 4 nitrogen and oxygen atoms in total. The van der Waals surface area contributed by atoms with E-state index in [4.69, 9.17) is 0 Å². The Bertz CT molecular complexity index is 1020. The van der Waals surface area contributed by atoms with Crippen LogP contribution < -0.4 is 0 Å². The van der Waals surface area contributed by atoms with Crippen molar-refractivity contribution in [2.45, 2.75) is 30.8 Å². The third-order valence-electron chi connectivity index (χ3n) is 6.81. The number of halogens is 1. The first-order valence-electron chi connectivity index (χ1n) is 10.1. The van der Waals surface area contributed by atoms with Crippen molar-refractivity contribution in [3.8, 4) is 0 Å². The maximum absolute atomic E-state index is 14.6. The van der Waals surface area contributed by atoms with E-state index in [1.165, 1.54) is 22.0 Å². The van der Waals surface area contributed by atoms with Crippen LogP contribution in [-0.2, 0) is 13.5 Å². The van der Waals surface area contributed by atoms with Crippen LogP contribution in [0.5, 0.6) is 0 Å². The molecule has 0 N–H and O–H groups in total. The number of hydrogen-bond donors (Lipinski definition) is 0. The van der Waals surface area contributed by atoms with Gasteiger partial charge in [0.25, 0.3) is 0 Å². The average Bonchev–Trinajstić information content (AvgIpc) is 3.37. The molecular formula is C23H27FN4. The van der Waals surface area contributed by atoms with Gasteiger partial charge in [-0.25, -0.2) is 4.39 Å². The first kappa shape index (κ1) is 17.8. The summed E-state index contributed by atoms with van der Waals surface area (Å²) in [6, 6.07) is 8.29. The third-order valence-corrected chi connectivity index (χ3v) is 6.81. The molecule has 3 heterocycles. The summed E-state index contributed by atoms with van der Waals surface area (Å²) >= 11 is 0. The van der Waals surface area contributed by atoms with Gasteiger partial charge in [0.05, 0.1) is 11.7 Å². The molecule has 0 amide bonds. The van der Waals surface area contributed by atoms with Crippen molar-refractivity contribution in [1.29, 1.82) is 0 Å². The zero-order valence-corrected chi connectivity index (χ0v) is 16.8. The number of likely N-dealkylation sites (N-methyl/N-ethyl adjacent to an activating group) is 1. The van der Waals surface area contributed by atoms with Gasteiger partial charge >= 0.3 is 0 Å². The van der Waals surface area contributed by atoms with Crippen molar-refractivity contribution in [3.63, 3.8) is 0 Å². The molecule has 0 bridgehead atoms. The van der Waals surface area contributed by atoms with Crippen molar-refractivity contribution < 1.29 is 4.39 Å². The van der Waals surface area contributed by atoms with Crippen LogP contribution in [0.2, 0.25) is 0 Å². The van der Waals surface area contributed by atoms with Gasteiger partial charge in [0, 0.05) is 61.5 Å². The normalized spacial score (nSPS) is 25.1. The number of nitrogens with zero attached hydrogens (tertiary/aromatic N) is 4. The minimum Gasteiger partial charge on any atom is -0.349 e. The summed E-state index contributed by atoms with van der Waals surface area (Å²) < 4.78 is 16.8. The summed E-state index contributed by atoms with van der Waals surface area (Å²) in [6.07, 6.45) is 8.08. The third kappa shape index (κ3) is 2.68. The number of fused-ring (bicyclic) bond motifs is 2. The lowest BCUT2D eigenvalue weighted by atomic mass is 9.93. The van der Waals surface area contributed by atoms with Crippen molar-refractivity contribution in [1.82, 2.24) is 19.4 Å². The molecule has 0 radical (unpaired) electrons. The van der Waals surface area contributed by atoms with E-state index in [-0.39, 0.29) is 11.9 Å². The van der Waals surface area contributed by atoms with Crippen LogP contribution in [0.3, 0.4) is 0 Å². The first-order chi connectivity index (χ1) is 13.5. The number of aromatic nitrogens is 2. The molecule has 1 aliphatic heterocycles. The highest BCUT2D eigenvalue weighted by Gasteiger charge is 2.41. The minimum atomic E-state index is -0.0407. The number of pyridine rings is 1. The standard InChI is InChI=1S/C23H27FN4/c1-26(2)22-14-28(20-8-7-15-5-4-6-19(24)23(15)20)13-18(22)17-12-27(3)21-11-25-10-9-16(17)21/h4-6,9-12,18,20,22H,7-8,13-14H2,1-3H3. The lowest BCUT2D eigenvalue weighted by molar-refractivity contribution is 0.213. The maximum Gasteiger partial charge on any atom is 0.128 e. The fourth-order valence-corrected chi connectivity index (χ4v) is 5.43. The Kier molecular flexibility index (Phi) is 4.25. The van der Waals surface area contributed by atoms with E-state index in [0.717, 1.165) is 31.5 Å². The molecule has 0 spiro atoms. The second kappa shape index (κ2) is 6.68. The van der Waals surface area contributed by atoms with Gasteiger partial charge in [-0.05, 0) is 50.2 Å². The first-order valence-corrected chi connectivity index (χ1v) is 10.1. The molecule has 2 aromatic heterocycles. The van der Waals surface area contributed by atoms with Gasteiger partial charge in [-0.15, -0.1) is 0 Å². The van der Waals surface area contributed by atoms with E-state index in [1.54, 1.807) is 6.07 Å². The molecule has 3 atom stereocenters. The van der Waals surface area contributed by atoms with Gasteiger partial charge in [0.1, 0.15) is 5.82 Å². The summed E-state index contributed by atoms with van der Waals surface area (Å²) in [7, 11) is 6.42. The summed E-state index contributed by atoms with van der Waals surface area (Å²) in [5.74, 6) is 0.359. The van der Waals surface area contributed by atoms with Crippen LogP contribution >= 0.6 is 0 Å². The lowest BCUT2D eigenvalue weighted by Crippen LogP contribution is -2.35. The van der Waals surface area contributed by atoms with Crippen LogP contribution in [0.15, 0.2) is 42.9 Å². The van der Waals surface area contributed by atoms with Gasteiger partial charge in [-0.3, -0.25) is 9.88 Å². The summed E-state index contributed by atoms with van der Waals surface area (Å²) in [5, 5.41) is 1.29. The van der Waals surface area contributed by atoms with Crippen LogP contribution in [-0.4, -0.2) is 52.6 Å². The lowest BCUT2D eigenvalue weighted by Gasteiger charge is -2.26. The van der Waals surface area contributed by atoms with Crippen LogP contribution in [0.1, 0.15) is 35.1 Å². The van der Waals surface area contributed by atoms with E-state index >= 15 is 0 Å². The van der Waals surface area contributed by atoms with Crippen LogP contribution in [0, 0.1) is 5.82 Å². The highest BCUT2D eigenvalue weighted by atomic mass is 19.1. The fourth-order valence-electron chi connectivity index (χ4n) is 5.43. The van der Waals surface area contributed by atoms with E-state index < -0.39 is 0 Å². The molecule has 2 aliphatic rings. The number of hydrogen-bond acceptors (Lipinski definition) is 3. The quantitative estimate of drug-likeness (QED) is 0.694. The van der Waals surface area contributed by atoms with Gasteiger partial charge in [-0.1, -0.05) is 12.1 Å². The highest BCUT2D eigenvalue weighted by Crippen LogP contribution is 2.43. The molecule has 3 unspecified atom stereocenters.